The standard InChI is InChI=1S/C22H22F3N5O4/c1-12-6-16-17(19-15(12)10-30(29-19)9-14-11-32-4-5-33-14)18(22(23,24)25)20(34-16)21(31)28-8-13-7-26-2-3-27-13/h2-3,7,10,12,14H,4-6,8-9,11H2,1H3,(H,28,31)/t12-,14+/m1/s1. The van der Waals surface area contributed by atoms with Gasteiger partial charge in [0.15, 0.2) is 0 Å². The zero-order chi connectivity index (χ0) is 23.9. The van der Waals surface area contributed by atoms with Crippen LogP contribution in [0.25, 0.3) is 11.3 Å². The van der Waals surface area contributed by atoms with Crippen molar-refractivity contribution in [2.75, 3.05) is 19.8 Å². The molecular weight excluding hydrogens is 455 g/mol. The van der Waals surface area contributed by atoms with E-state index in [2.05, 4.69) is 20.4 Å². The first-order valence-electron chi connectivity index (χ1n) is 10.8. The lowest BCUT2D eigenvalue weighted by Gasteiger charge is -2.22. The van der Waals surface area contributed by atoms with Gasteiger partial charge in [-0.15, -0.1) is 0 Å². The van der Waals surface area contributed by atoms with E-state index in [0.29, 0.717) is 37.6 Å². The Bertz CT molecular complexity index is 1190. The van der Waals surface area contributed by atoms with Crippen molar-refractivity contribution in [3.05, 3.63) is 53.1 Å². The van der Waals surface area contributed by atoms with Crippen molar-refractivity contribution in [1.82, 2.24) is 25.1 Å². The molecule has 1 N–H and O–H groups in total. The molecule has 0 saturated carbocycles. The highest BCUT2D eigenvalue weighted by Gasteiger charge is 2.46. The van der Waals surface area contributed by atoms with Gasteiger partial charge in [-0.25, -0.2) is 0 Å². The van der Waals surface area contributed by atoms with Crippen molar-refractivity contribution in [1.29, 1.82) is 0 Å². The fraction of sp³-hybridized carbons (Fsp3) is 0.455. The fourth-order valence-corrected chi connectivity index (χ4v) is 4.30. The topological polar surface area (TPSA) is 104 Å². The number of halogens is 3. The maximum atomic E-state index is 14.2. The minimum Gasteiger partial charge on any atom is -0.455 e. The first-order chi connectivity index (χ1) is 16.3. The molecule has 1 saturated heterocycles. The highest BCUT2D eigenvalue weighted by Crippen LogP contribution is 2.48. The molecular formula is C22H22F3N5O4. The second-order valence-electron chi connectivity index (χ2n) is 8.31. The number of nitrogens with one attached hydrogen (secondary N) is 1. The van der Waals surface area contributed by atoms with E-state index in [1.54, 1.807) is 10.9 Å². The summed E-state index contributed by atoms with van der Waals surface area (Å²) in [4.78, 5) is 20.6. The molecule has 12 heteroatoms. The van der Waals surface area contributed by atoms with Crippen molar-refractivity contribution in [2.45, 2.75) is 44.6 Å². The Balaban J connectivity index is 1.49. The van der Waals surface area contributed by atoms with Crippen LogP contribution in [0, 0.1) is 0 Å². The van der Waals surface area contributed by atoms with Crippen molar-refractivity contribution in [3.63, 3.8) is 0 Å². The van der Waals surface area contributed by atoms with Crippen LogP contribution in [0.3, 0.4) is 0 Å². The van der Waals surface area contributed by atoms with E-state index >= 15 is 0 Å². The van der Waals surface area contributed by atoms with Crippen LogP contribution in [0.5, 0.6) is 0 Å². The van der Waals surface area contributed by atoms with E-state index in [-0.39, 0.29) is 42.0 Å². The van der Waals surface area contributed by atoms with Gasteiger partial charge in [0.25, 0.3) is 5.91 Å². The maximum Gasteiger partial charge on any atom is 0.420 e. The highest BCUT2D eigenvalue weighted by atomic mass is 19.4. The van der Waals surface area contributed by atoms with Crippen LogP contribution < -0.4 is 5.32 Å². The van der Waals surface area contributed by atoms with Gasteiger partial charge in [-0.1, -0.05) is 6.92 Å². The van der Waals surface area contributed by atoms with Crippen molar-refractivity contribution < 1.29 is 31.9 Å². The van der Waals surface area contributed by atoms with E-state index < -0.39 is 23.4 Å². The summed E-state index contributed by atoms with van der Waals surface area (Å²) in [6.07, 6.45) is 1.20. The minimum atomic E-state index is -4.82. The number of alkyl halides is 3. The summed E-state index contributed by atoms with van der Waals surface area (Å²) in [5, 5.41) is 6.89. The third kappa shape index (κ3) is 4.30. The molecule has 4 heterocycles. The second-order valence-corrected chi connectivity index (χ2v) is 8.31. The number of carbonyl (C=O) groups excluding carboxylic acids is 1. The molecule has 180 valence electrons. The quantitative estimate of drug-likeness (QED) is 0.603. The maximum absolute atomic E-state index is 14.2. The van der Waals surface area contributed by atoms with Crippen LogP contribution in [-0.4, -0.2) is 51.6 Å². The number of amides is 1. The SMILES string of the molecule is C[C@@H]1Cc2oc(C(=O)NCc3cnccn3)c(C(F)(F)F)c2-c2nn(C[C@H]3COCCO3)cc21. The van der Waals surface area contributed by atoms with Crippen molar-refractivity contribution in [3.8, 4) is 11.3 Å². The summed E-state index contributed by atoms with van der Waals surface area (Å²) >= 11 is 0. The zero-order valence-electron chi connectivity index (χ0n) is 18.3. The molecule has 0 radical (unpaired) electrons. The Kier molecular flexibility index (Phi) is 5.86. The van der Waals surface area contributed by atoms with E-state index in [1.807, 2.05) is 6.92 Å². The van der Waals surface area contributed by atoms with Gasteiger partial charge in [0, 0.05) is 30.6 Å². The predicted molar refractivity (Wildman–Crippen MR) is 111 cm³/mol. The normalized spacial score (nSPS) is 20.0. The summed E-state index contributed by atoms with van der Waals surface area (Å²) in [5.41, 5.74) is -0.0412. The Hall–Kier alpha value is -3.25. The first-order valence-corrected chi connectivity index (χ1v) is 10.8. The van der Waals surface area contributed by atoms with Gasteiger partial charge in [-0.3, -0.25) is 19.4 Å². The number of furan rings is 1. The average molecular weight is 477 g/mol. The molecule has 0 aromatic carbocycles. The molecule has 1 fully saturated rings. The van der Waals surface area contributed by atoms with Gasteiger partial charge < -0.3 is 19.2 Å². The van der Waals surface area contributed by atoms with E-state index in [1.165, 1.54) is 18.6 Å². The molecule has 0 unspecified atom stereocenters. The van der Waals surface area contributed by atoms with E-state index in [4.69, 9.17) is 13.9 Å². The van der Waals surface area contributed by atoms with Gasteiger partial charge >= 0.3 is 6.18 Å². The van der Waals surface area contributed by atoms with Crippen LogP contribution in [-0.2, 0) is 35.2 Å². The summed E-state index contributed by atoms with van der Waals surface area (Å²) in [6.45, 7) is 3.50. The molecule has 2 aliphatic rings. The minimum absolute atomic E-state index is 0.0882. The Labute approximate surface area is 192 Å². The molecule has 1 aliphatic heterocycles. The number of fused-ring (bicyclic) bond motifs is 3. The third-order valence-corrected chi connectivity index (χ3v) is 5.84. The van der Waals surface area contributed by atoms with Gasteiger partial charge in [-0.05, 0) is 5.92 Å². The Morgan fingerprint density at radius 3 is 2.85 bits per heavy atom. The number of carbonyl (C=O) groups is 1. The summed E-state index contributed by atoms with van der Waals surface area (Å²) < 4.78 is 60.8. The summed E-state index contributed by atoms with van der Waals surface area (Å²) in [7, 11) is 0. The molecule has 0 bridgehead atoms. The lowest BCUT2D eigenvalue weighted by Crippen LogP contribution is -2.32. The van der Waals surface area contributed by atoms with Gasteiger partial charge in [0.2, 0.25) is 5.76 Å². The first kappa shape index (κ1) is 22.5. The number of rotatable bonds is 5. The molecule has 0 spiro atoms. The van der Waals surface area contributed by atoms with E-state index in [0.717, 1.165) is 0 Å². The lowest BCUT2D eigenvalue weighted by atomic mass is 9.86. The number of aromatic nitrogens is 4. The van der Waals surface area contributed by atoms with Crippen LogP contribution in [0.1, 0.15) is 46.0 Å². The molecule has 3 aromatic rings. The average Bonchev–Trinajstić information content (AvgIpc) is 3.41. The monoisotopic (exact) mass is 477 g/mol. The van der Waals surface area contributed by atoms with Crippen LogP contribution in [0.15, 0.2) is 29.2 Å². The number of nitrogens with zero attached hydrogens (tertiary/aromatic N) is 4. The number of hydrogen-bond acceptors (Lipinski definition) is 7. The molecule has 5 rings (SSSR count). The number of hydrogen-bond donors (Lipinski definition) is 1. The largest absolute Gasteiger partial charge is 0.455 e. The second kappa shape index (κ2) is 8.84. The van der Waals surface area contributed by atoms with Crippen LogP contribution in [0.4, 0.5) is 13.2 Å². The van der Waals surface area contributed by atoms with Gasteiger partial charge in [0.1, 0.15) is 17.4 Å². The van der Waals surface area contributed by atoms with Crippen LogP contribution >= 0.6 is 0 Å². The summed E-state index contributed by atoms with van der Waals surface area (Å²) in [6, 6.07) is 0. The van der Waals surface area contributed by atoms with Gasteiger partial charge in [0.05, 0.1) is 56.1 Å². The van der Waals surface area contributed by atoms with Gasteiger partial charge in [-0.2, -0.15) is 18.3 Å². The lowest BCUT2D eigenvalue weighted by molar-refractivity contribution is -0.137. The predicted octanol–water partition coefficient (Wildman–Crippen LogP) is 2.96. The smallest absolute Gasteiger partial charge is 0.420 e. The fourth-order valence-electron chi connectivity index (χ4n) is 4.30. The number of ether oxygens (including phenoxy) is 2. The Morgan fingerprint density at radius 2 is 2.15 bits per heavy atom. The van der Waals surface area contributed by atoms with E-state index in [9.17, 15) is 18.0 Å². The molecule has 3 aromatic heterocycles. The third-order valence-electron chi connectivity index (χ3n) is 5.84. The van der Waals surface area contributed by atoms with Crippen molar-refractivity contribution >= 4 is 5.91 Å². The highest BCUT2D eigenvalue weighted by molar-refractivity contribution is 5.96. The molecule has 1 aliphatic carbocycles. The molecule has 1 amide bonds. The molecule has 2 atom stereocenters. The zero-order valence-corrected chi connectivity index (χ0v) is 18.3. The van der Waals surface area contributed by atoms with Crippen LogP contribution in [0.2, 0.25) is 0 Å². The molecule has 34 heavy (non-hydrogen) atoms. The Morgan fingerprint density at radius 1 is 1.29 bits per heavy atom. The summed E-state index contributed by atoms with van der Waals surface area (Å²) in [5.74, 6) is -1.80. The molecule has 9 nitrogen and oxygen atoms in total. The van der Waals surface area contributed by atoms with Crippen molar-refractivity contribution in [2.24, 2.45) is 0 Å².